The van der Waals surface area contributed by atoms with Crippen LogP contribution in [0.4, 0.5) is 10.1 Å². The van der Waals surface area contributed by atoms with Crippen LogP contribution in [-0.2, 0) is 4.79 Å². The molecule has 162 valence electrons. The number of carbonyl (C=O) groups is 2. The van der Waals surface area contributed by atoms with Crippen LogP contribution in [0.15, 0.2) is 83.7 Å². The fourth-order valence-electron chi connectivity index (χ4n) is 3.26. The van der Waals surface area contributed by atoms with Crippen molar-refractivity contribution < 1.29 is 14.0 Å². The number of hydrogen-bond acceptors (Lipinski definition) is 3. The first-order chi connectivity index (χ1) is 15.5. The molecule has 0 spiro atoms. The third kappa shape index (κ3) is 4.33. The summed E-state index contributed by atoms with van der Waals surface area (Å²) in [5.41, 5.74) is 1.06. The first-order valence-corrected chi connectivity index (χ1v) is 10.5. The number of amides is 2. The Labute approximate surface area is 192 Å². The minimum absolute atomic E-state index is 0.170. The standard InChI is InChI=1S/C23H19BrFN5O2/c1-28(15-21(31)27-19-10-4-2-8-17(19)24)23(32)16-14-26-30(20-11-5-3-9-18(20)25)22(16)29-12-6-7-13-29/h2-14H,15H2,1H3,(H,27,31). The van der Waals surface area contributed by atoms with Crippen LogP contribution >= 0.6 is 15.9 Å². The molecule has 32 heavy (non-hydrogen) atoms. The summed E-state index contributed by atoms with van der Waals surface area (Å²) in [6.45, 7) is -0.170. The lowest BCUT2D eigenvalue weighted by Gasteiger charge is -2.18. The number of aromatic nitrogens is 3. The second-order valence-electron chi connectivity index (χ2n) is 7.02. The first-order valence-electron chi connectivity index (χ1n) is 9.72. The molecule has 4 rings (SSSR count). The molecular formula is C23H19BrFN5O2. The zero-order chi connectivity index (χ0) is 22.7. The number of hydrogen-bond donors (Lipinski definition) is 1. The molecule has 7 nitrogen and oxygen atoms in total. The maximum absolute atomic E-state index is 14.5. The number of para-hydroxylation sites is 2. The zero-order valence-corrected chi connectivity index (χ0v) is 18.7. The van der Waals surface area contributed by atoms with E-state index in [1.165, 1.54) is 28.9 Å². The highest BCUT2D eigenvalue weighted by molar-refractivity contribution is 9.10. The van der Waals surface area contributed by atoms with Crippen LogP contribution in [-0.4, -0.2) is 44.7 Å². The Balaban J connectivity index is 1.62. The van der Waals surface area contributed by atoms with Crippen LogP contribution in [0.3, 0.4) is 0 Å². The molecule has 2 aromatic carbocycles. The number of rotatable bonds is 6. The molecule has 0 radical (unpaired) electrons. The highest BCUT2D eigenvalue weighted by atomic mass is 79.9. The molecule has 2 heterocycles. The smallest absolute Gasteiger partial charge is 0.259 e. The molecule has 2 aromatic heterocycles. The Morgan fingerprint density at radius 2 is 1.75 bits per heavy atom. The van der Waals surface area contributed by atoms with Crippen molar-refractivity contribution in [2.75, 3.05) is 18.9 Å². The van der Waals surface area contributed by atoms with E-state index in [0.717, 1.165) is 4.47 Å². The summed E-state index contributed by atoms with van der Waals surface area (Å²) >= 11 is 3.38. The van der Waals surface area contributed by atoms with E-state index < -0.39 is 11.7 Å². The first kappa shape index (κ1) is 21.5. The minimum Gasteiger partial charge on any atom is -0.332 e. The van der Waals surface area contributed by atoms with Gasteiger partial charge in [-0.05, 0) is 52.3 Å². The van der Waals surface area contributed by atoms with Gasteiger partial charge in [0.05, 0.1) is 18.4 Å². The van der Waals surface area contributed by atoms with Crippen LogP contribution in [0.1, 0.15) is 10.4 Å². The predicted molar refractivity (Wildman–Crippen MR) is 123 cm³/mol. The third-order valence-electron chi connectivity index (χ3n) is 4.78. The van der Waals surface area contributed by atoms with E-state index in [0.29, 0.717) is 11.5 Å². The van der Waals surface area contributed by atoms with Gasteiger partial charge in [0, 0.05) is 23.9 Å². The van der Waals surface area contributed by atoms with E-state index in [1.54, 1.807) is 59.4 Å². The van der Waals surface area contributed by atoms with Crippen molar-refractivity contribution in [3.05, 3.63) is 95.1 Å². The molecule has 1 N–H and O–H groups in total. The normalized spacial score (nSPS) is 10.7. The van der Waals surface area contributed by atoms with Gasteiger partial charge in [-0.15, -0.1) is 0 Å². The molecule has 0 unspecified atom stereocenters. The molecular weight excluding hydrogens is 477 g/mol. The van der Waals surface area contributed by atoms with E-state index in [2.05, 4.69) is 26.3 Å². The number of likely N-dealkylation sites (N-methyl/N-ethyl adjacent to an activating group) is 1. The molecule has 0 aliphatic heterocycles. The van der Waals surface area contributed by atoms with Crippen molar-refractivity contribution >= 4 is 33.4 Å². The molecule has 0 saturated carbocycles. The van der Waals surface area contributed by atoms with Crippen LogP contribution in [0.25, 0.3) is 11.5 Å². The topological polar surface area (TPSA) is 72.2 Å². The Morgan fingerprint density at radius 1 is 1.06 bits per heavy atom. The van der Waals surface area contributed by atoms with Gasteiger partial charge in [-0.25, -0.2) is 9.07 Å². The molecule has 0 bridgehead atoms. The van der Waals surface area contributed by atoms with Crippen LogP contribution < -0.4 is 5.32 Å². The predicted octanol–water partition coefficient (Wildman–Crippen LogP) is 4.28. The van der Waals surface area contributed by atoms with Crippen LogP contribution in [0, 0.1) is 5.82 Å². The summed E-state index contributed by atoms with van der Waals surface area (Å²) in [7, 11) is 1.53. The van der Waals surface area contributed by atoms with Gasteiger partial charge >= 0.3 is 0 Å². The number of nitrogens with one attached hydrogen (secondary N) is 1. The van der Waals surface area contributed by atoms with Gasteiger partial charge in [0.25, 0.3) is 5.91 Å². The van der Waals surface area contributed by atoms with Crippen LogP contribution in [0.2, 0.25) is 0 Å². The van der Waals surface area contributed by atoms with Gasteiger partial charge in [0.15, 0.2) is 5.82 Å². The number of nitrogens with zero attached hydrogens (tertiary/aromatic N) is 4. The average molecular weight is 496 g/mol. The number of halogens is 2. The van der Waals surface area contributed by atoms with E-state index >= 15 is 0 Å². The molecule has 2 amide bonds. The highest BCUT2D eigenvalue weighted by Crippen LogP contribution is 2.23. The van der Waals surface area contributed by atoms with Crippen molar-refractivity contribution in [2.45, 2.75) is 0 Å². The number of carbonyl (C=O) groups excluding carboxylic acids is 2. The largest absolute Gasteiger partial charge is 0.332 e. The van der Waals surface area contributed by atoms with E-state index in [9.17, 15) is 14.0 Å². The summed E-state index contributed by atoms with van der Waals surface area (Å²) < 4.78 is 18.2. The van der Waals surface area contributed by atoms with Gasteiger partial charge in [-0.3, -0.25) is 9.59 Å². The van der Waals surface area contributed by atoms with Crippen molar-refractivity contribution in [3.63, 3.8) is 0 Å². The lowest BCUT2D eigenvalue weighted by Crippen LogP contribution is -2.35. The highest BCUT2D eigenvalue weighted by Gasteiger charge is 2.24. The molecule has 0 saturated heterocycles. The second kappa shape index (κ2) is 9.19. The van der Waals surface area contributed by atoms with Gasteiger partial charge in [0.1, 0.15) is 17.1 Å². The van der Waals surface area contributed by atoms with Crippen molar-refractivity contribution in [3.8, 4) is 11.5 Å². The summed E-state index contributed by atoms with van der Waals surface area (Å²) in [6, 6.07) is 17.0. The fraction of sp³-hybridized carbons (Fsp3) is 0.0870. The molecule has 4 aromatic rings. The van der Waals surface area contributed by atoms with Gasteiger partial charge < -0.3 is 14.8 Å². The van der Waals surface area contributed by atoms with E-state index in [4.69, 9.17) is 0 Å². The van der Waals surface area contributed by atoms with Gasteiger partial charge in [-0.2, -0.15) is 5.10 Å². The summed E-state index contributed by atoms with van der Waals surface area (Å²) in [5.74, 6) is -0.859. The monoisotopic (exact) mass is 495 g/mol. The molecule has 0 fully saturated rings. The Morgan fingerprint density at radius 3 is 2.47 bits per heavy atom. The second-order valence-corrected chi connectivity index (χ2v) is 7.88. The maximum Gasteiger partial charge on any atom is 0.259 e. The Kier molecular flexibility index (Phi) is 6.18. The minimum atomic E-state index is -0.468. The molecule has 0 aliphatic carbocycles. The molecule has 9 heteroatoms. The zero-order valence-electron chi connectivity index (χ0n) is 17.1. The van der Waals surface area contributed by atoms with Gasteiger partial charge in [-0.1, -0.05) is 24.3 Å². The Hall–Kier alpha value is -3.72. The summed E-state index contributed by atoms with van der Waals surface area (Å²) in [6.07, 6.45) is 4.86. The third-order valence-corrected chi connectivity index (χ3v) is 5.47. The van der Waals surface area contributed by atoms with Crippen molar-refractivity contribution in [2.24, 2.45) is 0 Å². The van der Waals surface area contributed by atoms with E-state index in [-0.39, 0.29) is 23.7 Å². The average Bonchev–Trinajstić information content (AvgIpc) is 3.44. The molecule has 0 atom stereocenters. The van der Waals surface area contributed by atoms with Crippen molar-refractivity contribution in [1.82, 2.24) is 19.2 Å². The maximum atomic E-state index is 14.5. The van der Waals surface area contributed by atoms with Gasteiger partial charge in [0.2, 0.25) is 5.91 Å². The van der Waals surface area contributed by atoms with Crippen LogP contribution in [0.5, 0.6) is 0 Å². The summed E-state index contributed by atoms with van der Waals surface area (Å²) in [4.78, 5) is 27.0. The number of anilines is 1. The lowest BCUT2D eigenvalue weighted by atomic mass is 10.2. The Bertz CT molecular complexity index is 1270. The van der Waals surface area contributed by atoms with E-state index in [1.807, 2.05) is 12.1 Å². The molecule has 0 aliphatic rings. The quantitative estimate of drug-likeness (QED) is 0.434. The fourth-order valence-corrected chi connectivity index (χ4v) is 3.65. The van der Waals surface area contributed by atoms with Crippen molar-refractivity contribution in [1.29, 1.82) is 0 Å². The summed E-state index contributed by atoms with van der Waals surface area (Å²) in [5, 5.41) is 7.04. The SMILES string of the molecule is CN(CC(=O)Nc1ccccc1Br)C(=O)c1cnn(-c2ccccc2F)c1-n1cccc1. The lowest BCUT2D eigenvalue weighted by molar-refractivity contribution is -0.116. The number of benzene rings is 2.